The van der Waals surface area contributed by atoms with Crippen LogP contribution in [0.15, 0.2) is 24.3 Å². The Balaban J connectivity index is 1.49. The van der Waals surface area contributed by atoms with Crippen molar-refractivity contribution in [1.82, 2.24) is 9.80 Å². The molecule has 1 spiro atoms. The van der Waals surface area contributed by atoms with Crippen molar-refractivity contribution >= 4 is 17.8 Å². The van der Waals surface area contributed by atoms with Gasteiger partial charge < -0.3 is 14.9 Å². The van der Waals surface area contributed by atoms with Gasteiger partial charge in [0.15, 0.2) is 0 Å². The van der Waals surface area contributed by atoms with Crippen LogP contribution in [0.2, 0.25) is 0 Å². The maximum absolute atomic E-state index is 13.0. The summed E-state index contributed by atoms with van der Waals surface area (Å²) >= 11 is 0. The second-order valence-electron chi connectivity index (χ2n) is 8.46. The number of likely N-dealkylation sites (tertiary alicyclic amines) is 2. The molecule has 6 nitrogen and oxygen atoms in total. The van der Waals surface area contributed by atoms with Crippen LogP contribution in [0.5, 0.6) is 0 Å². The standard InChI is InChI=1S/C21H26N2O4/c1-14-3-2-4-16(11-14)19(25)23-13-21(12-17(23)20(26)27)7-9-22(10-8-21)18(24)15-5-6-15/h2-4,11,15,17H,5-10,12-13H2,1H3,(H,26,27)/t17-/m0/s1. The van der Waals surface area contributed by atoms with E-state index >= 15 is 0 Å². The lowest BCUT2D eigenvalue weighted by atomic mass is 9.76. The second kappa shape index (κ2) is 6.66. The molecule has 2 amide bonds. The predicted octanol–water partition coefficient (Wildman–Crippen LogP) is 2.31. The highest BCUT2D eigenvalue weighted by Gasteiger charge is 2.50. The van der Waals surface area contributed by atoms with E-state index in [-0.39, 0.29) is 23.1 Å². The van der Waals surface area contributed by atoms with Crippen molar-refractivity contribution in [3.63, 3.8) is 0 Å². The number of aliphatic carboxylic acids is 1. The smallest absolute Gasteiger partial charge is 0.326 e. The highest BCUT2D eigenvalue weighted by molar-refractivity contribution is 5.97. The van der Waals surface area contributed by atoms with E-state index in [2.05, 4.69) is 0 Å². The van der Waals surface area contributed by atoms with Gasteiger partial charge in [0.1, 0.15) is 6.04 Å². The lowest BCUT2D eigenvalue weighted by Crippen LogP contribution is -2.45. The van der Waals surface area contributed by atoms with Gasteiger partial charge in [-0.05, 0) is 56.6 Å². The van der Waals surface area contributed by atoms with E-state index in [4.69, 9.17) is 0 Å². The Morgan fingerprint density at radius 3 is 2.44 bits per heavy atom. The zero-order valence-electron chi connectivity index (χ0n) is 15.7. The maximum atomic E-state index is 13.0. The first kappa shape index (κ1) is 18.0. The number of rotatable bonds is 3. The number of piperidine rings is 1. The fraction of sp³-hybridized carbons (Fsp3) is 0.571. The molecule has 2 saturated heterocycles. The van der Waals surface area contributed by atoms with Crippen molar-refractivity contribution in [2.75, 3.05) is 19.6 Å². The summed E-state index contributed by atoms with van der Waals surface area (Å²) in [6.07, 6.45) is 4.02. The summed E-state index contributed by atoms with van der Waals surface area (Å²) in [4.78, 5) is 40.6. The van der Waals surface area contributed by atoms with Crippen LogP contribution in [-0.4, -0.2) is 58.4 Å². The highest BCUT2D eigenvalue weighted by Crippen LogP contribution is 2.45. The number of carbonyl (C=O) groups excluding carboxylic acids is 2. The van der Waals surface area contributed by atoms with Crippen LogP contribution >= 0.6 is 0 Å². The normalized spacial score (nSPS) is 24.3. The summed E-state index contributed by atoms with van der Waals surface area (Å²) in [5.41, 5.74) is 1.33. The Labute approximate surface area is 159 Å². The number of aryl methyl sites for hydroxylation is 1. The van der Waals surface area contributed by atoms with E-state index in [0.717, 1.165) is 31.2 Å². The van der Waals surface area contributed by atoms with Gasteiger partial charge in [-0.1, -0.05) is 17.7 Å². The molecule has 0 radical (unpaired) electrons. The molecule has 6 heteroatoms. The van der Waals surface area contributed by atoms with Crippen molar-refractivity contribution in [1.29, 1.82) is 0 Å². The molecule has 1 aromatic carbocycles. The van der Waals surface area contributed by atoms with Crippen molar-refractivity contribution in [2.45, 2.75) is 45.1 Å². The average Bonchev–Trinajstić information content (AvgIpc) is 3.44. The van der Waals surface area contributed by atoms with E-state index in [1.54, 1.807) is 6.07 Å². The molecule has 1 N–H and O–H groups in total. The molecule has 4 rings (SSSR count). The monoisotopic (exact) mass is 370 g/mol. The van der Waals surface area contributed by atoms with Gasteiger partial charge >= 0.3 is 5.97 Å². The molecule has 0 aromatic heterocycles. The Morgan fingerprint density at radius 2 is 1.85 bits per heavy atom. The van der Waals surface area contributed by atoms with Gasteiger partial charge in [0.05, 0.1) is 0 Å². The molecule has 0 bridgehead atoms. The largest absolute Gasteiger partial charge is 0.480 e. The number of nitrogens with zero attached hydrogens (tertiary/aromatic N) is 2. The van der Waals surface area contributed by atoms with Gasteiger partial charge in [0.25, 0.3) is 5.91 Å². The van der Waals surface area contributed by atoms with Crippen LogP contribution in [-0.2, 0) is 9.59 Å². The molecule has 144 valence electrons. The summed E-state index contributed by atoms with van der Waals surface area (Å²) < 4.78 is 0. The third-order valence-electron chi connectivity index (χ3n) is 6.38. The predicted molar refractivity (Wildman–Crippen MR) is 99.2 cm³/mol. The lowest BCUT2D eigenvalue weighted by Gasteiger charge is -2.39. The summed E-state index contributed by atoms with van der Waals surface area (Å²) in [7, 11) is 0. The minimum Gasteiger partial charge on any atom is -0.480 e. The zero-order valence-corrected chi connectivity index (χ0v) is 15.7. The van der Waals surface area contributed by atoms with E-state index in [0.29, 0.717) is 31.6 Å². The second-order valence-corrected chi connectivity index (χ2v) is 8.46. The van der Waals surface area contributed by atoms with Crippen molar-refractivity contribution < 1.29 is 19.5 Å². The minimum absolute atomic E-state index is 0.192. The van der Waals surface area contributed by atoms with E-state index in [1.165, 1.54) is 4.90 Å². The average molecular weight is 370 g/mol. The van der Waals surface area contributed by atoms with Crippen molar-refractivity contribution in [2.24, 2.45) is 11.3 Å². The number of carbonyl (C=O) groups is 3. The fourth-order valence-electron chi connectivity index (χ4n) is 4.59. The minimum atomic E-state index is -0.940. The molecule has 1 atom stereocenters. The first-order chi connectivity index (χ1) is 12.9. The molecule has 3 fully saturated rings. The van der Waals surface area contributed by atoms with Crippen molar-refractivity contribution in [3.05, 3.63) is 35.4 Å². The molecule has 0 unspecified atom stereocenters. The van der Waals surface area contributed by atoms with E-state index in [9.17, 15) is 19.5 Å². The molecule has 2 aliphatic heterocycles. The van der Waals surface area contributed by atoms with Crippen LogP contribution in [0.25, 0.3) is 0 Å². The van der Waals surface area contributed by atoms with Crippen LogP contribution < -0.4 is 0 Å². The zero-order chi connectivity index (χ0) is 19.2. The quantitative estimate of drug-likeness (QED) is 0.886. The van der Waals surface area contributed by atoms with Gasteiger partial charge in [-0.25, -0.2) is 4.79 Å². The molecule has 2 heterocycles. The lowest BCUT2D eigenvalue weighted by molar-refractivity contribution is -0.141. The SMILES string of the molecule is Cc1cccc(C(=O)N2CC3(CCN(C(=O)C4CC4)CC3)C[C@H]2C(=O)O)c1. The Kier molecular flexibility index (Phi) is 4.44. The molecule has 27 heavy (non-hydrogen) atoms. The van der Waals surface area contributed by atoms with Crippen LogP contribution in [0.1, 0.15) is 48.0 Å². The summed E-state index contributed by atoms with van der Waals surface area (Å²) in [5.74, 6) is -0.678. The summed E-state index contributed by atoms with van der Waals surface area (Å²) in [6, 6.07) is 6.51. The summed E-state index contributed by atoms with van der Waals surface area (Å²) in [6.45, 7) is 3.73. The Bertz CT molecular complexity index is 778. The first-order valence-electron chi connectivity index (χ1n) is 9.78. The number of hydrogen-bond donors (Lipinski definition) is 1. The topological polar surface area (TPSA) is 77.9 Å². The van der Waals surface area contributed by atoms with Gasteiger partial charge in [-0.15, -0.1) is 0 Å². The highest BCUT2D eigenvalue weighted by atomic mass is 16.4. The first-order valence-corrected chi connectivity index (χ1v) is 9.78. The van der Waals surface area contributed by atoms with Gasteiger partial charge in [0, 0.05) is 31.1 Å². The molecule has 1 aliphatic carbocycles. The van der Waals surface area contributed by atoms with Crippen molar-refractivity contribution in [3.8, 4) is 0 Å². The maximum Gasteiger partial charge on any atom is 0.326 e. The Morgan fingerprint density at radius 1 is 1.15 bits per heavy atom. The summed E-state index contributed by atoms with van der Waals surface area (Å²) in [5, 5.41) is 9.71. The number of carboxylic acids is 1. The van der Waals surface area contributed by atoms with Gasteiger partial charge in [0.2, 0.25) is 5.91 Å². The van der Waals surface area contributed by atoms with Crippen LogP contribution in [0.3, 0.4) is 0 Å². The number of benzene rings is 1. The fourth-order valence-corrected chi connectivity index (χ4v) is 4.59. The van der Waals surface area contributed by atoms with Gasteiger partial charge in [-0.3, -0.25) is 9.59 Å². The van der Waals surface area contributed by atoms with Crippen LogP contribution in [0.4, 0.5) is 0 Å². The van der Waals surface area contributed by atoms with E-state index < -0.39 is 12.0 Å². The molecule has 1 aromatic rings. The third kappa shape index (κ3) is 3.45. The number of carboxylic acid groups (broad SMARTS) is 1. The molecular weight excluding hydrogens is 344 g/mol. The molecule has 1 saturated carbocycles. The third-order valence-corrected chi connectivity index (χ3v) is 6.38. The number of amides is 2. The number of hydrogen-bond acceptors (Lipinski definition) is 3. The molecular formula is C21H26N2O4. The van der Waals surface area contributed by atoms with Crippen LogP contribution in [0, 0.1) is 18.3 Å². The van der Waals surface area contributed by atoms with Gasteiger partial charge in [-0.2, -0.15) is 0 Å². The Hall–Kier alpha value is -2.37. The van der Waals surface area contributed by atoms with E-state index in [1.807, 2.05) is 30.0 Å². The molecule has 3 aliphatic rings.